The summed E-state index contributed by atoms with van der Waals surface area (Å²) in [7, 11) is 1.98. The largest absolute Gasteiger partial charge is 0.388 e. The summed E-state index contributed by atoms with van der Waals surface area (Å²) < 4.78 is 0. The van der Waals surface area contributed by atoms with Crippen LogP contribution in [-0.4, -0.2) is 7.05 Å². The summed E-state index contributed by atoms with van der Waals surface area (Å²) in [6.07, 6.45) is 1.06. The Morgan fingerprint density at radius 2 is 1.67 bits per heavy atom. The zero-order valence-electron chi connectivity index (χ0n) is 11.7. The second-order valence-electron chi connectivity index (χ2n) is 4.74. The third-order valence-electron chi connectivity index (χ3n) is 3.54. The van der Waals surface area contributed by atoms with Crippen LogP contribution in [0.2, 0.25) is 0 Å². The lowest BCUT2D eigenvalue weighted by molar-refractivity contribution is 1.13. The molecule has 0 amide bonds. The summed E-state index contributed by atoms with van der Waals surface area (Å²) in [5.41, 5.74) is 7.97. The van der Waals surface area contributed by atoms with E-state index in [4.69, 9.17) is 0 Å². The molecule has 2 aromatic carbocycles. The van der Waals surface area contributed by atoms with E-state index in [2.05, 4.69) is 62.5 Å². The molecular weight excluding hydrogens is 218 g/mol. The quantitative estimate of drug-likeness (QED) is 0.827. The first-order valence-electron chi connectivity index (χ1n) is 6.54. The molecule has 0 fully saturated rings. The standard InChI is InChI=1S/C17H21N/c1-5-14-10-13(3)17(18-4)11-16(14)15-9-7-6-8-12(15)2/h6-11,18H,5H2,1-4H3. The van der Waals surface area contributed by atoms with Crippen LogP contribution >= 0.6 is 0 Å². The maximum absolute atomic E-state index is 3.28. The molecule has 1 nitrogen and oxygen atoms in total. The summed E-state index contributed by atoms with van der Waals surface area (Å²) in [5.74, 6) is 0. The number of nitrogens with one attached hydrogen (secondary N) is 1. The number of hydrogen-bond donors (Lipinski definition) is 1. The van der Waals surface area contributed by atoms with Crippen molar-refractivity contribution in [2.24, 2.45) is 0 Å². The molecule has 0 radical (unpaired) electrons. The molecule has 0 aromatic heterocycles. The van der Waals surface area contributed by atoms with Crippen molar-refractivity contribution in [2.45, 2.75) is 27.2 Å². The van der Waals surface area contributed by atoms with Crippen molar-refractivity contribution in [3.63, 3.8) is 0 Å². The minimum atomic E-state index is 1.06. The van der Waals surface area contributed by atoms with E-state index in [1.54, 1.807) is 0 Å². The molecule has 0 aliphatic heterocycles. The van der Waals surface area contributed by atoms with Crippen LogP contribution in [0.25, 0.3) is 11.1 Å². The first kappa shape index (κ1) is 12.7. The molecule has 0 atom stereocenters. The van der Waals surface area contributed by atoms with Gasteiger partial charge < -0.3 is 5.32 Å². The van der Waals surface area contributed by atoms with Crippen molar-refractivity contribution in [3.8, 4) is 11.1 Å². The fraction of sp³-hybridized carbons (Fsp3) is 0.294. The molecule has 0 bridgehead atoms. The molecule has 0 saturated heterocycles. The molecule has 0 heterocycles. The van der Waals surface area contributed by atoms with Gasteiger partial charge in [0.05, 0.1) is 0 Å². The van der Waals surface area contributed by atoms with E-state index in [-0.39, 0.29) is 0 Å². The van der Waals surface area contributed by atoms with Gasteiger partial charge in [-0.1, -0.05) is 37.3 Å². The Morgan fingerprint density at radius 1 is 0.944 bits per heavy atom. The smallest absolute Gasteiger partial charge is 0.0373 e. The SMILES string of the molecule is CCc1cc(C)c(NC)cc1-c1ccccc1C. The fourth-order valence-electron chi connectivity index (χ4n) is 2.46. The van der Waals surface area contributed by atoms with Crippen molar-refractivity contribution in [3.05, 3.63) is 53.1 Å². The molecule has 1 N–H and O–H groups in total. The van der Waals surface area contributed by atoms with Gasteiger partial charge in [0.2, 0.25) is 0 Å². The van der Waals surface area contributed by atoms with E-state index in [9.17, 15) is 0 Å². The zero-order valence-corrected chi connectivity index (χ0v) is 11.7. The number of benzene rings is 2. The predicted molar refractivity (Wildman–Crippen MR) is 80.3 cm³/mol. The third kappa shape index (κ3) is 2.26. The maximum Gasteiger partial charge on any atom is 0.0373 e. The Labute approximate surface area is 110 Å². The van der Waals surface area contributed by atoms with Gasteiger partial charge in [-0.25, -0.2) is 0 Å². The summed E-state index contributed by atoms with van der Waals surface area (Å²) in [6, 6.07) is 13.2. The minimum Gasteiger partial charge on any atom is -0.388 e. The van der Waals surface area contributed by atoms with Crippen LogP contribution in [0.5, 0.6) is 0 Å². The average molecular weight is 239 g/mol. The van der Waals surface area contributed by atoms with Crippen LogP contribution in [0.1, 0.15) is 23.6 Å². The van der Waals surface area contributed by atoms with Gasteiger partial charge in [-0.05, 0) is 54.2 Å². The van der Waals surface area contributed by atoms with Crippen molar-refractivity contribution < 1.29 is 0 Å². The fourth-order valence-corrected chi connectivity index (χ4v) is 2.46. The molecule has 0 aliphatic carbocycles. The Morgan fingerprint density at radius 3 is 2.28 bits per heavy atom. The lowest BCUT2D eigenvalue weighted by Gasteiger charge is -2.15. The van der Waals surface area contributed by atoms with Gasteiger partial charge in [0.1, 0.15) is 0 Å². The lowest BCUT2D eigenvalue weighted by atomic mass is 9.92. The van der Waals surface area contributed by atoms with E-state index in [1.807, 2.05) is 7.05 Å². The molecule has 0 aliphatic rings. The van der Waals surface area contributed by atoms with Gasteiger partial charge >= 0.3 is 0 Å². The number of aryl methyl sites for hydroxylation is 3. The van der Waals surface area contributed by atoms with Gasteiger partial charge in [-0.15, -0.1) is 0 Å². The molecule has 0 spiro atoms. The minimum absolute atomic E-state index is 1.06. The van der Waals surface area contributed by atoms with Gasteiger partial charge in [-0.2, -0.15) is 0 Å². The van der Waals surface area contributed by atoms with E-state index in [0.29, 0.717) is 0 Å². The van der Waals surface area contributed by atoms with Crippen molar-refractivity contribution in [1.29, 1.82) is 0 Å². The van der Waals surface area contributed by atoms with E-state index >= 15 is 0 Å². The molecule has 94 valence electrons. The van der Waals surface area contributed by atoms with E-state index in [1.165, 1.54) is 33.5 Å². The van der Waals surface area contributed by atoms with E-state index in [0.717, 1.165) is 6.42 Å². The Kier molecular flexibility index (Phi) is 3.71. The van der Waals surface area contributed by atoms with E-state index < -0.39 is 0 Å². The molecule has 0 unspecified atom stereocenters. The average Bonchev–Trinajstić information content (AvgIpc) is 2.39. The second-order valence-corrected chi connectivity index (χ2v) is 4.74. The molecule has 18 heavy (non-hydrogen) atoms. The van der Waals surface area contributed by atoms with Crippen LogP contribution in [-0.2, 0) is 6.42 Å². The first-order valence-corrected chi connectivity index (χ1v) is 6.54. The third-order valence-corrected chi connectivity index (χ3v) is 3.54. The highest BCUT2D eigenvalue weighted by atomic mass is 14.8. The first-order chi connectivity index (χ1) is 8.67. The summed E-state index contributed by atoms with van der Waals surface area (Å²) in [4.78, 5) is 0. The van der Waals surface area contributed by atoms with Crippen LogP contribution in [0, 0.1) is 13.8 Å². The van der Waals surface area contributed by atoms with Gasteiger partial charge in [-0.3, -0.25) is 0 Å². The molecule has 2 aromatic rings. The van der Waals surface area contributed by atoms with Crippen molar-refractivity contribution in [1.82, 2.24) is 0 Å². The number of anilines is 1. The Balaban J connectivity index is 2.66. The van der Waals surface area contributed by atoms with Crippen LogP contribution < -0.4 is 5.32 Å². The van der Waals surface area contributed by atoms with Gasteiger partial charge in [0.15, 0.2) is 0 Å². The Hall–Kier alpha value is -1.76. The zero-order chi connectivity index (χ0) is 13.1. The predicted octanol–water partition coefficient (Wildman–Crippen LogP) is 4.57. The highest BCUT2D eigenvalue weighted by Crippen LogP contribution is 2.31. The summed E-state index contributed by atoms with van der Waals surface area (Å²) in [6.45, 7) is 6.55. The normalized spacial score (nSPS) is 10.4. The van der Waals surface area contributed by atoms with Gasteiger partial charge in [0, 0.05) is 12.7 Å². The number of rotatable bonds is 3. The van der Waals surface area contributed by atoms with Crippen molar-refractivity contribution >= 4 is 5.69 Å². The molecule has 0 saturated carbocycles. The monoisotopic (exact) mass is 239 g/mol. The topological polar surface area (TPSA) is 12.0 Å². The second kappa shape index (κ2) is 5.26. The van der Waals surface area contributed by atoms with Gasteiger partial charge in [0.25, 0.3) is 0 Å². The Bertz CT molecular complexity index is 556. The van der Waals surface area contributed by atoms with Crippen LogP contribution in [0.4, 0.5) is 5.69 Å². The molecule has 1 heteroatoms. The molecule has 2 rings (SSSR count). The highest BCUT2D eigenvalue weighted by Gasteiger charge is 2.09. The summed E-state index contributed by atoms with van der Waals surface area (Å²) >= 11 is 0. The highest BCUT2D eigenvalue weighted by molar-refractivity contribution is 5.75. The summed E-state index contributed by atoms with van der Waals surface area (Å²) in [5, 5.41) is 3.28. The van der Waals surface area contributed by atoms with Crippen LogP contribution in [0.3, 0.4) is 0 Å². The lowest BCUT2D eigenvalue weighted by Crippen LogP contribution is -1.97. The van der Waals surface area contributed by atoms with Crippen molar-refractivity contribution in [2.75, 3.05) is 12.4 Å². The molecular formula is C17H21N. The maximum atomic E-state index is 3.28. The number of hydrogen-bond acceptors (Lipinski definition) is 1. The van der Waals surface area contributed by atoms with Crippen LogP contribution in [0.15, 0.2) is 36.4 Å².